The summed E-state index contributed by atoms with van der Waals surface area (Å²) >= 11 is 0. The average Bonchev–Trinajstić information content (AvgIpc) is 2.91. The molecule has 1 heterocycles. The molecule has 0 amide bonds. The summed E-state index contributed by atoms with van der Waals surface area (Å²) in [4.78, 5) is 29.0. The highest BCUT2D eigenvalue weighted by molar-refractivity contribution is 6.07. The molecule has 1 aromatic heterocycles. The smallest absolute Gasteiger partial charge is 0.293 e. The van der Waals surface area contributed by atoms with Crippen LogP contribution in [0.25, 0.3) is 0 Å². The molecule has 0 aliphatic heterocycles. The van der Waals surface area contributed by atoms with E-state index in [0.717, 1.165) is 5.57 Å². The Bertz CT molecular complexity index is 779. The maximum absolute atomic E-state index is 12.4. The van der Waals surface area contributed by atoms with Gasteiger partial charge in [-0.1, -0.05) is 12.2 Å². The predicted octanol–water partition coefficient (Wildman–Crippen LogP) is 2.57. The Morgan fingerprint density at radius 1 is 1.48 bits per heavy atom. The molecule has 2 aromatic rings. The summed E-state index contributed by atoms with van der Waals surface area (Å²) in [7, 11) is 3.45. The summed E-state index contributed by atoms with van der Waals surface area (Å²) in [5, 5.41) is 11.4. The summed E-state index contributed by atoms with van der Waals surface area (Å²) in [5.74, 6) is -0.114. The first kappa shape index (κ1) is 16.4. The maximum atomic E-state index is 12.4. The zero-order valence-corrected chi connectivity index (χ0v) is 13.3. The van der Waals surface area contributed by atoms with Crippen molar-refractivity contribution in [3.63, 3.8) is 0 Å². The molecule has 0 aliphatic rings. The fourth-order valence-electron chi connectivity index (χ4n) is 2.34. The van der Waals surface area contributed by atoms with Gasteiger partial charge in [0.05, 0.1) is 4.92 Å². The SMILES string of the molecule is C=C(C)CN(C)c1ccc(C(=O)c2nccn2C)cc1[N+](=O)[O-]. The number of ketones is 1. The number of nitro groups is 1. The molecule has 23 heavy (non-hydrogen) atoms. The summed E-state index contributed by atoms with van der Waals surface area (Å²) in [6.07, 6.45) is 3.16. The van der Waals surface area contributed by atoms with Crippen molar-refractivity contribution in [2.45, 2.75) is 6.92 Å². The first-order valence-electron chi connectivity index (χ1n) is 6.97. The van der Waals surface area contributed by atoms with Crippen molar-refractivity contribution in [2.75, 3.05) is 18.5 Å². The van der Waals surface area contributed by atoms with Gasteiger partial charge in [-0.2, -0.15) is 0 Å². The lowest BCUT2D eigenvalue weighted by atomic mass is 10.1. The lowest BCUT2D eigenvalue weighted by Gasteiger charge is -2.19. The summed E-state index contributed by atoms with van der Waals surface area (Å²) in [6, 6.07) is 4.45. The van der Waals surface area contributed by atoms with Gasteiger partial charge in [0.15, 0.2) is 5.82 Å². The molecular formula is C16H18N4O3. The Morgan fingerprint density at radius 2 is 2.17 bits per heavy atom. The van der Waals surface area contributed by atoms with Crippen LogP contribution >= 0.6 is 0 Å². The van der Waals surface area contributed by atoms with E-state index in [-0.39, 0.29) is 22.9 Å². The van der Waals surface area contributed by atoms with Crippen molar-refractivity contribution in [2.24, 2.45) is 7.05 Å². The second-order valence-electron chi connectivity index (χ2n) is 5.46. The molecule has 0 N–H and O–H groups in total. The molecule has 0 fully saturated rings. The van der Waals surface area contributed by atoms with Crippen LogP contribution in [0.5, 0.6) is 0 Å². The van der Waals surface area contributed by atoms with Crippen LogP contribution in [0.2, 0.25) is 0 Å². The third kappa shape index (κ3) is 3.45. The number of nitro benzene ring substituents is 1. The second-order valence-corrected chi connectivity index (χ2v) is 5.46. The number of aryl methyl sites for hydroxylation is 1. The number of imidazole rings is 1. The molecule has 0 saturated carbocycles. The molecule has 7 heteroatoms. The van der Waals surface area contributed by atoms with E-state index in [1.807, 2.05) is 6.92 Å². The predicted molar refractivity (Wildman–Crippen MR) is 87.8 cm³/mol. The number of carbonyl (C=O) groups excluding carboxylic acids is 1. The van der Waals surface area contributed by atoms with Gasteiger partial charge in [0.1, 0.15) is 5.69 Å². The van der Waals surface area contributed by atoms with E-state index in [1.165, 1.54) is 12.3 Å². The lowest BCUT2D eigenvalue weighted by molar-refractivity contribution is -0.384. The van der Waals surface area contributed by atoms with Crippen LogP contribution in [0.15, 0.2) is 42.7 Å². The number of benzene rings is 1. The molecule has 2 rings (SSSR count). The van der Waals surface area contributed by atoms with Gasteiger partial charge in [0, 0.05) is 44.7 Å². The third-order valence-electron chi connectivity index (χ3n) is 3.38. The minimum atomic E-state index is -0.487. The highest BCUT2D eigenvalue weighted by atomic mass is 16.6. The van der Waals surface area contributed by atoms with Crippen molar-refractivity contribution in [1.29, 1.82) is 0 Å². The monoisotopic (exact) mass is 314 g/mol. The number of aromatic nitrogens is 2. The quantitative estimate of drug-likeness (QED) is 0.354. The van der Waals surface area contributed by atoms with Crippen molar-refractivity contribution >= 4 is 17.2 Å². The van der Waals surface area contributed by atoms with Gasteiger partial charge in [0.25, 0.3) is 5.69 Å². The highest BCUT2D eigenvalue weighted by Crippen LogP contribution is 2.29. The fourth-order valence-corrected chi connectivity index (χ4v) is 2.34. The molecule has 7 nitrogen and oxygen atoms in total. The van der Waals surface area contributed by atoms with Crippen LogP contribution in [0.3, 0.4) is 0 Å². The molecule has 1 aromatic carbocycles. The largest absolute Gasteiger partial charge is 0.365 e. The molecule has 0 atom stereocenters. The number of rotatable bonds is 6. The molecule has 0 unspecified atom stereocenters. The molecule has 0 radical (unpaired) electrons. The van der Waals surface area contributed by atoms with E-state index in [1.54, 1.807) is 41.9 Å². The van der Waals surface area contributed by atoms with E-state index in [2.05, 4.69) is 11.6 Å². The number of carbonyl (C=O) groups is 1. The molecular weight excluding hydrogens is 296 g/mol. The van der Waals surface area contributed by atoms with Gasteiger partial charge in [0.2, 0.25) is 5.78 Å². The Kier molecular flexibility index (Phi) is 4.59. The highest BCUT2D eigenvalue weighted by Gasteiger charge is 2.22. The summed E-state index contributed by atoms with van der Waals surface area (Å²) < 4.78 is 1.58. The van der Waals surface area contributed by atoms with Crippen LogP contribution in [0.1, 0.15) is 23.1 Å². The van der Waals surface area contributed by atoms with E-state index in [9.17, 15) is 14.9 Å². The van der Waals surface area contributed by atoms with Gasteiger partial charge in [-0.25, -0.2) is 4.98 Å². The number of hydrogen-bond donors (Lipinski definition) is 0. The maximum Gasteiger partial charge on any atom is 0.293 e. The van der Waals surface area contributed by atoms with Gasteiger partial charge in [-0.3, -0.25) is 14.9 Å². The number of nitrogens with zero attached hydrogens (tertiary/aromatic N) is 4. The van der Waals surface area contributed by atoms with Crippen LogP contribution in [0.4, 0.5) is 11.4 Å². The average molecular weight is 314 g/mol. The van der Waals surface area contributed by atoms with Crippen LogP contribution in [-0.2, 0) is 7.05 Å². The first-order valence-corrected chi connectivity index (χ1v) is 6.97. The second kappa shape index (κ2) is 6.43. The van der Waals surface area contributed by atoms with E-state index < -0.39 is 4.92 Å². The molecule has 0 aliphatic carbocycles. The summed E-state index contributed by atoms with van der Waals surface area (Å²) in [5.41, 5.74) is 1.44. The topological polar surface area (TPSA) is 81.3 Å². The van der Waals surface area contributed by atoms with Crippen LogP contribution < -0.4 is 4.90 Å². The Morgan fingerprint density at radius 3 is 2.70 bits per heavy atom. The van der Waals surface area contributed by atoms with Crippen molar-refractivity contribution in [1.82, 2.24) is 9.55 Å². The minimum absolute atomic E-state index is 0.117. The van der Waals surface area contributed by atoms with Crippen LogP contribution in [-0.4, -0.2) is 33.9 Å². The Hall–Kier alpha value is -2.96. The van der Waals surface area contributed by atoms with Crippen molar-refractivity contribution in [3.8, 4) is 0 Å². The fraction of sp³-hybridized carbons (Fsp3) is 0.250. The van der Waals surface area contributed by atoms with E-state index >= 15 is 0 Å². The zero-order valence-electron chi connectivity index (χ0n) is 13.3. The van der Waals surface area contributed by atoms with E-state index in [0.29, 0.717) is 12.2 Å². The number of anilines is 1. The van der Waals surface area contributed by atoms with Gasteiger partial charge in [-0.05, 0) is 19.1 Å². The Balaban J connectivity index is 2.44. The standard InChI is InChI=1S/C16H18N4O3/c1-11(2)10-19(4)13-6-5-12(9-14(13)20(22)23)15(21)16-17-7-8-18(16)3/h5-9H,1,10H2,2-4H3. The molecule has 120 valence electrons. The van der Waals surface area contributed by atoms with Gasteiger partial charge >= 0.3 is 0 Å². The normalized spacial score (nSPS) is 10.4. The van der Waals surface area contributed by atoms with Crippen LogP contribution in [0, 0.1) is 10.1 Å². The molecule has 0 saturated heterocycles. The molecule has 0 bridgehead atoms. The van der Waals surface area contributed by atoms with Crippen molar-refractivity contribution in [3.05, 3.63) is 64.2 Å². The summed E-state index contributed by atoms with van der Waals surface area (Å²) in [6.45, 7) is 6.15. The Labute approximate surface area is 134 Å². The van der Waals surface area contributed by atoms with E-state index in [4.69, 9.17) is 0 Å². The number of likely N-dealkylation sites (N-methyl/N-ethyl adjacent to an activating group) is 1. The minimum Gasteiger partial charge on any atom is -0.365 e. The number of hydrogen-bond acceptors (Lipinski definition) is 5. The zero-order chi connectivity index (χ0) is 17.1. The molecule has 0 spiro atoms. The van der Waals surface area contributed by atoms with Gasteiger partial charge in [-0.15, -0.1) is 0 Å². The van der Waals surface area contributed by atoms with Gasteiger partial charge < -0.3 is 9.47 Å². The first-order chi connectivity index (χ1) is 10.8. The lowest BCUT2D eigenvalue weighted by Crippen LogP contribution is -2.20. The van der Waals surface area contributed by atoms with Crippen molar-refractivity contribution < 1.29 is 9.72 Å². The third-order valence-corrected chi connectivity index (χ3v) is 3.38.